The van der Waals surface area contributed by atoms with Gasteiger partial charge in [-0.15, -0.1) is 0 Å². The average molecular weight is 407 g/mol. The van der Waals surface area contributed by atoms with Crippen LogP contribution in [-0.2, 0) is 13.2 Å². The fraction of sp³-hybridized carbons (Fsp3) is 0.208. The van der Waals surface area contributed by atoms with Gasteiger partial charge in [0.1, 0.15) is 23.9 Å². The van der Waals surface area contributed by atoms with E-state index in [9.17, 15) is 0 Å². The van der Waals surface area contributed by atoms with Crippen molar-refractivity contribution in [1.82, 2.24) is 9.55 Å². The molecule has 5 heteroatoms. The van der Waals surface area contributed by atoms with Gasteiger partial charge in [-0.1, -0.05) is 53.6 Å². The molecule has 3 aromatic carbocycles. The molecule has 0 atom stereocenters. The monoisotopic (exact) mass is 406 g/mol. The molecule has 0 spiro atoms. The quantitative estimate of drug-likeness (QED) is 0.334. The van der Waals surface area contributed by atoms with E-state index in [0.717, 1.165) is 35.6 Å². The Bertz CT molecular complexity index is 1090. The van der Waals surface area contributed by atoms with Crippen LogP contribution in [0.2, 0.25) is 5.02 Å². The Kier molecular flexibility index (Phi) is 6.01. The lowest BCUT2D eigenvalue weighted by atomic mass is 10.2. The third-order valence-electron chi connectivity index (χ3n) is 4.74. The van der Waals surface area contributed by atoms with E-state index in [4.69, 9.17) is 26.1 Å². The van der Waals surface area contributed by atoms with Crippen LogP contribution in [0.3, 0.4) is 0 Å². The summed E-state index contributed by atoms with van der Waals surface area (Å²) in [5, 5.41) is 0.632. The van der Waals surface area contributed by atoms with Gasteiger partial charge in [0.2, 0.25) is 0 Å². The van der Waals surface area contributed by atoms with Gasteiger partial charge < -0.3 is 14.0 Å². The highest BCUT2D eigenvalue weighted by atomic mass is 35.5. The van der Waals surface area contributed by atoms with Crippen LogP contribution in [0.5, 0.6) is 11.5 Å². The van der Waals surface area contributed by atoms with Gasteiger partial charge in [-0.3, -0.25) is 0 Å². The first-order valence-corrected chi connectivity index (χ1v) is 10.1. The van der Waals surface area contributed by atoms with Gasteiger partial charge >= 0.3 is 0 Å². The Morgan fingerprint density at radius 2 is 1.66 bits per heavy atom. The van der Waals surface area contributed by atoms with Crippen molar-refractivity contribution in [1.29, 1.82) is 0 Å². The molecule has 1 heterocycles. The lowest BCUT2D eigenvalue weighted by Gasteiger charge is -2.12. The number of fused-ring (bicyclic) bond motifs is 1. The number of aryl methyl sites for hydroxylation is 2. The van der Waals surface area contributed by atoms with Crippen molar-refractivity contribution < 1.29 is 9.47 Å². The highest BCUT2D eigenvalue weighted by molar-refractivity contribution is 6.32. The van der Waals surface area contributed by atoms with Crippen molar-refractivity contribution in [2.75, 3.05) is 6.61 Å². The maximum Gasteiger partial charge on any atom is 0.147 e. The number of aromatic nitrogens is 2. The zero-order chi connectivity index (χ0) is 20.1. The number of rotatable bonds is 8. The van der Waals surface area contributed by atoms with Crippen molar-refractivity contribution in [2.24, 2.45) is 0 Å². The summed E-state index contributed by atoms with van der Waals surface area (Å²) in [4.78, 5) is 4.77. The average Bonchev–Trinajstić information content (AvgIpc) is 3.09. The fourth-order valence-electron chi connectivity index (χ4n) is 3.23. The first kappa shape index (κ1) is 19.3. The summed E-state index contributed by atoms with van der Waals surface area (Å²) in [6.45, 7) is 3.85. The van der Waals surface area contributed by atoms with E-state index < -0.39 is 0 Å². The third-order valence-corrected chi connectivity index (χ3v) is 5.06. The Labute approximate surface area is 175 Å². The van der Waals surface area contributed by atoms with Crippen LogP contribution in [0, 0.1) is 6.92 Å². The molecule has 4 aromatic rings. The fourth-order valence-corrected chi connectivity index (χ4v) is 3.42. The van der Waals surface area contributed by atoms with Crippen LogP contribution >= 0.6 is 11.6 Å². The minimum atomic E-state index is 0.420. The number of imidazole rings is 1. The summed E-state index contributed by atoms with van der Waals surface area (Å²) in [6, 6.07) is 23.8. The zero-order valence-electron chi connectivity index (χ0n) is 16.3. The second kappa shape index (κ2) is 9.01. The Morgan fingerprint density at radius 3 is 2.48 bits per heavy atom. The number of hydrogen-bond acceptors (Lipinski definition) is 3. The third kappa shape index (κ3) is 4.72. The smallest absolute Gasteiger partial charge is 0.147 e. The molecular formula is C24H23ClN2O2. The number of benzene rings is 3. The standard InChI is InChI=1S/C24H23ClN2O2/c1-18-11-13-19(14-12-18)29-17-24-26-21-8-3-4-9-22(21)27(24)15-6-16-28-23-10-5-2-7-20(23)25/h2-5,7-14H,6,15-17H2,1H3. The van der Waals surface area contributed by atoms with E-state index >= 15 is 0 Å². The van der Waals surface area contributed by atoms with Gasteiger partial charge in [-0.2, -0.15) is 0 Å². The Balaban J connectivity index is 1.44. The van der Waals surface area contributed by atoms with Gasteiger partial charge in [0.05, 0.1) is 22.7 Å². The second-order valence-electron chi connectivity index (χ2n) is 6.90. The van der Waals surface area contributed by atoms with E-state index in [1.54, 1.807) is 0 Å². The molecule has 0 radical (unpaired) electrons. The largest absolute Gasteiger partial charge is 0.492 e. The predicted octanol–water partition coefficient (Wildman–Crippen LogP) is 6.05. The number of halogens is 1. The van der Waals surface area contributed by atoms with Crippen molar-refractivity contribution >= 4 is 22.6 Å². The van der Waals surface area contributed by atoms with E-state index in [-0.39, 0.29) is 0 Å². The van der Waals surface area contributed by atoms with Crippen molar-refractivity contribution in [3.05, 3.63) is 89.2 Å². The van der Waals surface area contributed by atoms with Crippen molar-refractivity contribution in [2.45, 2.75) is 26.5 Å². The van der Waals surface area contributed by atoms with Crippen LogP contribution < -0.4 is 9.47 Å². The molecule has 0 unspecified atom stereocenters. The number of hydrogen-bond donors (Lipinski definition) is 0. The summed E-state index contributed by atoms with van der Waals surface area (Å²) in [5.41, 5.74) is 3.29. The topological polar surface area (TPSA) is 36.3 Å². The second-order valence-corrected chi connectivity index (χ2v) is 7.31. The Morgan fingerprint density at radius 1 is 0.897 bits per heavy atom. The predicted molar refractivity (Wildman–Crippen MR) is 117 cm³/mol. The van der Waals surface area contributed by atoms with Crippen LogP contribution in [0.1, 0.15) is 17.8 Å². The maximum absolute atomic E-state index is 6.16. The molecule has 4 nitrogen and oxygen atoms in total. The first-order chi connectivity index (χ1) is 14.2. The summed E-state index contributed by atoms with van der Waals surface area (Å²) >= 11 is 6.16. The number of ether oxygens (including phenoxy) is 2. The van der Waals surface area contributed by atoms with Crippen LogP contribution in [0.15, 0.2) is 72.8 Å². The maximum atomic E-state index is 6.16. The zero-order valence-corrected chi connectivity index (χ0v) is 17.1. The van der Waals surface area contributed by atoms with E-state index in [2.05, 4.69) is 17.6 Å². The summed E-state index contributed by atoms with van der Waals surface area (Å²) in [6.07, 6.45) is 0.836. The molecule has 148 valence electrons. The molecule has 0 saturated heterocycles. The lowest BCUT2D eigenvalue weighted by Crippen LogP contribution is -2.10. The normalized spacial score (nSPS) is 11.0. The van der Waals surface area contributed by atoms with E-state index in [0.29, 0.717) is 24.0 Å². The summed E-state index contributed by atoms with van der Waals surface area (Å²) in [7, 11) is 0. The van der Waals surface area contributed by atoms with E-state index in [1.807, 2.05) is 66.7 Å². The van der Waals surface area contributed by atoms with Crippen LogP contribution in [0.4, 0.5) is 0 Å². The van der Waals surface area contributed by atoms with Gasteiger partial charge in [-0.25, -0.2) is 4.98 Å². The highest BCUT2D eigenvalue weighted by Crippen LogP contribution is 2.24. The van der Waals surface area contributed by atoms with E-state index in [1.165, 1.54) is 5.56 Å². The lowest BCUT2D eigenvalue weighted by molar-refractivity contribution is 0.280. The highest BCUT2D eigenvalue weighted by Gasteiger charge is 2.11. The number of para-hydroxylation sites is 3. The Hall–Kier alpha value is -2.98. The van der Waals surface area contributed by atoms with Crippen LogP contribution in [-0.4, -0.2) is 16.2 Å². The molecule has 0 fully saturated rings. The molecule has 0 N–H and O–H groups in total. The molecule has 1 aromatic heterocycles. The number of nitrogens with zero attached hydrogens (tertiary/aromatic N) is 2. The molecule has 0 aliphatic heterocycles. The van der Waals surface area contributed by atoms with Crippen molar-refractivity contribution in [3.8, 4) is 11.5 Å². The first-order valence-electron chi connectivity index (χ1n) is 9.71. The van der Waals surface area contributed by atoms with Gasteiger partial charge in [0.15, 0.2) is 0 Å². The molecular weight excluding hydrogens is 384 g/mol. The molecule has 0 aliphatic carbocycles. The molecule has 0 saturated carbocycles. The molecule has 29 heavy (non-hydrogen) atoms. The molecule has 0 bridgehead atoms. The minimum absolute atomic E-state index is 0.420. The summed E-state index contributed by atoms with van der Waals surface area (Å²) < 4.78 is 14.0. The molecule has 0 aliphatic rings. The van der Waals surface area contributed by atoms with Gasteiger partial charge in [-0.05, 0) is 49.7 Å². The van der Waals surface area contributed by atoms with Crippen molar-refractivity contribution in [3.63, 3.8) is 0 Å². The molecule has 0 amide bonds. The summed E-state index contributed by atoms with van der Waals surface area (Å²) in [5.74, 6) is 2.47. The SMILES string of the molecule is Cc1ccc(OCc2nc3ccccc3n2CCCOc2ccccc2Cl)cc1. The van der Waals surface area contributed by atoms with Gasteiger partial charge in [0.25, 0.3) is 0 Å². The van der Waals surface area contributed by atoms with Gasteiger partial charge in [0, 0.05) is 6.54 Å². The minimum Gasteiger partial charge on any atom is -0.492 e. The van der Waals surface area contributed by atoms with Crippen LogP contribution in [0.25, 0.3) is 11.0 Å². The molecule has 4 rings (SSSR count).